The van der Waals surface area contributed by atoms with Crippen LogP contribution in [0.2, 0.25) is 5.02 Å². The summed E-state index contributed by atoms with van der Waals surface area (Å²) in [6.45, 7) is 5.00. The molecule has 2 aromatic carbocycles. The third-order valence-corrected chi connectivity index (χ3v) is 4.12. The van der Waals surface area contributed by atoms with Crippen LogP contribution in [0, 0.1) is 0 Å². The second kappa shape index (κ2) is 7.48. The monoisotopic (exact) mass is 303 g/mol. The van der Waals surface area contributed by atoms with Gasteiger partial charge in [0.15, 0.2) is 0 Å². The predicted molar refractivity (Wildman–Crippen MR) is 89.1 cm³/mol. The average molecular weight is 304 g/mol. The molecule has 3 heteroatoms. The first kappa shape index (κ1) is 15.9. The zero-order valence-electron chi connectivity index (χ0n) is 12.8. The van der Waals surface area contributed by atoms with Crippen LogP contribution in [0.5, 0.6) is 5.75 Å². The van der Waals surface area contributed by atoms with E-state index in [0.717, 1.165) is 22.8 Å². The zero-order valence-corrected chi connectivity index (χ0v) is 13.6. The molecule has 0 aliphatic carbocycles. The van der Waals surface area contributed by atoms with Crippen molar-refractivity contribution in [1.29, 1.82) is 0 Å². The molecule has 0 radical (unpaired) electrons. The second-order valence-electron chi connectivity index (χ2n) is 5.12. The van der Waals surface area contributed by atoms with Crippen LogP contribution in [0.4, 0.5) is 0 Å². The Labute approximate surface area is 132 Å². The lowest BCUT2D eigenvalue weighted by Gasteiger charge is -2.17. The third-order valence-electron chi connectivity index (χ3n) is 3.77. The van der Waals surface area contributed by atoms with E-state index in [4.69, 9.17) is 16.3 Å². The Bertz CT molecular complexity index is 580. The van der Waals surface area contributed by atoms with Gasteiger partial charge in [-0.15, -0.1) is 0 Å². The van der Waals surface area contributed by atoms with Crippen LogP contribution < -0.4 is 10.1 Å². The van der Waals surface area contributed by atoms with E-state index < -0.39 is 0 Å². The SMILES string of the molecule is CCc1ccc(C(C)NCc2c(Cl)cccc2OC)cc1. The molecule has 0 aliphatic heterocycles. The van der Waals surface area contributed by atoms with Crippen LogP contribution in [0.1, 0.15) is 36.6 Å². The van der Waals surface area contributed by atoms with E-state index in [0.29, 0.717) is 6.54 Å². The van der Waals surface area contributed by atoms with Crippen LogP contribution in [-0.4, -0.2) is 7.11 Å². The molecule has 0 bridgehead atoms. The van der Waals surface area contributed by atoms with Crippen LogP contribution >= 0.6 is 11.6 Å². The molecule has 0 spiro atoms. The van der Waals surface area contributed by atoms with Crippen molar-refractivity contribution >= 4 is 11.6 Å². The molecule has 2 nitrogen and oxygen atoms in total. The fourth-order valence-electron chi connectivity index (χ4n) is 2.32. The van der Waals surface area contributed by atoms with Gasteiger partial charge in [0, 0.05) is 23.2 Å². The molecular formula is C18H22ClNO. The molecule has 112 valence electrons. The van der Waals surface area contributed by atoms with E-state index in [-0.39, 0.29) is 6.04 Å². The number of halogens is 1. The van der Waals surface area contributed by atoms with Gasteiger partial charge in [0.1, 0.15) is 5.75 Å². The van der Waals surface area contributed by atoms with Crippen molar-refractivity contribution in [3.05, 3.63) is 64.2 Å². The molecule has 0 amide bonds. The number of ether oxygens (including phenoxy) is 1. The van der Waals surface area contributed by atoms with Crippen LogP contribution in [0.3, 0.4) is 0 Å². The van der Waals surface area contributed by atoms with Crippen molar-refractivity contribution in [1.82, 2.24) is 5.32 Å². The van der Waals surface area contributed by atoms with Crippen molar-refractivity contribution in [3.63, 3.8) is 0 Å². The van der Waals surface area contributed by atoms with Gasteiger partial charge in [-0.25, -0.2) is 0 Å². The highest BCUT2D eigenvalue weighted by molar-refractivity contribution is 6.31. The average Bonchev–Trinajstić information content (AvgIpc) is 2.53. The van der Waals surface area contributed by atoms with E-state index >= 15 is 0 Å². The lowest BCUT2D eigenvalue weighted by molar-refractivity contribution is 0.406. The topological polar surface area (TPSA) is 21.3 Å². The van der Waals surface area contributed by atoms with Gasteiger partial charge in [-0.1, -0.05) is 48.9 Å². The molecule has 0 saturated heterocycles. The normalized spacial score (nSPS) is 12.2. The smallest absolute Gasteiger partial charge is 0.124 e. The quantitative estimate of drug-likeness (QED) is 0.830. The highest BCUT2D eigenvalue weighted by Gasteiger charge is 2.10. The van der Waals surface area contributed by atoms with Gasteiger partial charge in [-0.3, -0.25) is 0 Å². The van der Waals surface area contributed by atoms with Gasteiger partial charge in [0.2, 0.25) is 0 Å². The third kappa shape index (κ3) is 3.99. The van der Waals surface area contributed by atoms with Gasteiger partial charge >= 0.3 is 0 Å². The van der Waals surface area contributed by atoms with Crippen LogP contribution in [0.25, 0.3) is 0 Å². The summed E-state index contributed by atoms with van der Waals surface area (Å²) in [5.41, 5.74) is 3.63. The predicted octanol–water partition coefficient (Wildman–Crippen LogP) is 4.76. The first-order valence-corrected chi connectivity index (χ1v) is 7.67. The minimum Gasteiger partial charge on any atom is -0.496 e. The van der Waals surface area contributed by atoms with Crippen molar-refractivity contribution < 1.29 is 4.74 Å². The molecule has 0 fully saturated rings. The maximum absolute atomic E-state index is 6.26. The highest BCUT2D eigenvalue weighted by atomic mass is 35.5. The summed E-state index contributed by atoms with van der Waals surface area (Å²) in [5, 5.41) is 4.24. The maximum Gasteiger partial charge on any atom is 0.124 e. The molecule has 2 rings (SSSR count). The Hall–Kier alpha value is -1.51. The van der Waals surface area contributed by atoms with Crippen LogP contribution in [0.15, 0.2) is 42.5 Å². The summed E-state index contributed by atoms with van der Waals surface area (Å²) in [4.78, 5) is 0. The largest absolute Gasteiger partial charge is 0.496 e. The number of methoxy groups -OCH3 is 1. The summed E-state index contributed by atoms with van der Waals surface area (Å²) < 4.78 is 5.37. The number of rotatable bonds is 6. The highest BCUT2D eigenvalue weighted by Crippen LogP contribution is 2.26. The van der Waals surface area contributed by atoms with Crippen molar-refractivity contribution in [3.8, 4) is 5.75 Å². The number of benzene rings is 2. The molecule has 1 N–H and O–H groups in total. The van der Waals surface area contributed by atoms with Gasteiger partial charge < -0.3 is 10.1 Å². The van der Waals surface area contributed by atoms with Gasteiger partial charge in [0.05, 0.1) is 7.11 Å². The lowest BCUT2D eigenvalue weighted by Crippen LogP contribution is -2.18. The molecule has 0 aromatic heterocycles. The Kier molecular flexibility index (Phi) is 5.66. The summed E-state index contributed by atoms with van der Waals surface area (Å²) in [7, 11) is 1.67. The van der Waals surface area contributed by atoms with Crippen molar-refractivity contribution in [2.45, 2.75) is 32.9 Å². The molecule has 2 aromatic rings. The standard InChI is InChI=1S/C18H22ClNO/c1-4-14-8-10-15(11-9-14)13(2)20-12-16-17(19)6-5-7-18(16)21-3/h5-11,13,20H,4,12H2,1-3H3. The number of hydrogen-bond acceptors (Lipinski definition) is 2. The first-order chi connectivity index (χ1) is 10.2. The van der Waals surface area contributed by atoms with Gasteiger partial charge in [-0.05, 0) is 36.6 Å². The second-order valence-corrected chi connectivity index (χ2v) is 5.53. The number of hydrogen-bond donors (Lipinski definition) is 1. The molecular weight excluding hydrogens is 282 g/mol. The molecule has 0 aliphatic rings. The maximum atomic E-state index is 6.26. The lowest BCUT2D eigenvalue weighted by atomic mass is 10.0. The van der Waals surface area contributed by atoms with Gasteiger partial charge in [0.25, 0.3) is 0 Å². The Morgan fingerprint density at radius 3 is 2.48 bits per heavy atom. The van der Waals surface area contributed by atoms with Gasteiger partial charge in [-0.2, -0.15) is 0 Å². The van der Waals surface area contributed by atoms with E-state index in [2.05, 4.69) is 43.4 Å². The first-order valence-electron chi connectivity index (χ1n) is 7.29. The minimum absolute atomic E-state index is 0.261. The minimum atomic E-state index is 0.261. The molecule has 0 heterocycles. The Morgan fingerprint density at radius 2 is 1.86 bits per heavy atom. The summed E-state index contributed by atoms with van der Waals surface area (Å²) in [6.07, 6.45) is 1.07. The summed E-state index contributed by atoms with van der Waals surface area (Å²) in [6, 6.07) is 14.7. The Morgan fingerprint density at radius 1 is 1.14 bits per heavy atom. The van der Waals surface area contributed by atoms with E-state index in [1.54, 1.807) is 7.11 Å². The van der Waals surface area contributed by atoms with Crippen molar-refractivity contribution in [2.75, 3.05) is 7.11 Å². The van der Waals surface area contributed by atoms with E-state index in [9.17, 15) is 0 Å². The fourth-order valence-corrected chi connectivity index (χ4v) is 2.55. The molecule has 0 saturated carbocycles. The summed E-state index contributed by atoms with van der Waals surface area (Å²) >= 11 is 6.26. The van der Waals surface area contributed by atoms with E-state index in [1.165, 1.54) is 11.1 Å². The van der Waals surface area contributed by atoms with E-state index in [1.807, 2.05) is 18.2 Å². The van der Waals surface area contributed by atoms with Crippen LogP contribution in [-0.2, 0) is 13.0 Å². The molecule has 21 heavy (non-hydrogen) atoms. The fraction of sp³-hybridized carbons (Fsp3) is 0.333. The van der Waals surface area contributed by atoms with Crippen molar-refractivity contribution in [2.24, 2.45) is 0 Å². The summed E-state index contributed by atoms with van der Waals surface area (Å²) in [5.74, 6) is 0.823. The number of nitrogens with one attached hydrogen (secondary N) is 1. The molecule has 1 atom stereocenters. The molecule has 1 unspecified atom stereocenters. The number of aryl methyl sites for hydroxylation is 1. The zero-order chi connectivity index (χ0) is 15.2. The Balaban J connectivity index is 2.05.